The molecule has 1 N–H and O–H groups in total. The Bertz CT molecular complexity index is 1330. The molecule has 4 rings (SSSR count). The zero-order chi connectivity index (χ0) is 26.4. The van der Waals surface area contributed by atoms with Crippen LogP contribution in [0, 0.1) is 0 Å². The van der Waals surface area contributed by atoms with Gasteiger partial charge in [-0.3, -0.25) is 9.69 Å². The highest BCUT2D eigenvalue weighted by atomic mass is 35.5. The monoisotopic (exact) mass is 547 g/mol. The van der Waals surface area contributed by atoms with Crippen LogP contribution < -0.4 is 10.1 Å². The van der Waals surface area contributed by atoms with E-state index in [9.17, 15) is 18.0 Å². The van der Waals surface area contributed by atoms with Gasteiger partial charge < -0.3 is 10.1 Å². The van der Waals surface area contributed by atoms with Crippen molar-refractivity contribution in [3.63, 3.8) is 0 Å². The summed E-state index contributed by atoms with van der Waals surface area (Å²) in [5.41, 5.74) is 3.76. The van der Waals surface area contributed by atoms with Crippen molar-refractivity contribution in [1.29, 1.82) is 0 Å². The van der Waals surface area contributed by atoms with E-state index in [1.165, 1.54) is 24.4 Å². The maximum absolute atomic E-state index is 12.7. The first-order valence-corrected chi connectivity index (χ1v) is 12.1. The minimum Gasteiger partial charge on any atom is -0.406 e. The van der Waals surface area contributed by atoms with E-state index in [4.69, 9.17) is 23.2 Å². The molecule has 0 aliphatic carbocycles. The van der Waals surface area contributed by atoms with Crippen molar-refractivity contribution in [2.24, 2.45) is 0 Å². The predicted molar refractivity (Wildman–Crippen MR) is 140 cm³/mol. The third-order valence-electron chi connectivity index (χ3n) is 5.65. The smallest absolute Gasteiger partial charge is 0.406 e. The molecule has 2 heterocycles. The standard InChI is InChI=1S/C27H22Cl2F3N3O2/c28-21-5-8-24(34-26(36)20-9-12-33-25(29)16-20)23(17-21)19-10-14-35(15-11-19)13-1-2-18-3-6-22(7-4-18)37-27(30,31)32/h1-10,12,16-17H,11,13-15H2,(H,34,36). The topological polar surface area (TPSA) is 54.5 Å². The molecule has 0 bridgehead atoms. The van der Waals surface area contributed by atoms with Crippen molar-refractivity contribution in [3.8, 4) is 5.75 Å². The minimum absolute atomic E-state index is 0.237. The number of aromatic nitrogens is 1. The molecule has 5 nitrogen and oxygen atoms in total. The first-order valence-electron chi connectivity index (χ1n) is 11.3. The van der Waals surface area contributed by atoms with Crippen LogP contribution in [0.15, 0.2) is 72.9 Å². The summed E-state index contributed by atoms with van der Waals surface area (Å²) < 4.78 is 40.8. The minimum atomic E-state index is -4.71. The summed E-state index contributed by atoms with van der Waals surface area (Å²) in [6.07, 6.45) is 3.44. The first-order chi connectivity index (χ1) is 17.7. The molecular formula is C27H22Cl2F3N3O2. The molecule has 0 saturated carbocycles. The lowest BCUT2D eigenvalue weighted by molar-refractivity contribution is -0.274. The van der Waals surface area contributed by atoms with Gasteiger partial charge in [0.25, 0.3) is 5.91 Å². The van der Waals surface area contributed by atoms with Crippen LogP contribution in [-0.4, -0.2) is 41.8 Å². The van der Waals surface area contributed by atoms with Crippen LogP contribution in [-0.2, 0) is 0 Å². The van der Waals surface area contributed by atoms with E-state index in [-0.39, 0.29) is 16.8 Å². The Balaban J connectivity index is 1.37. The van der Waals surface area contributed by atoms with Gasteiger partial charge in [-0.2, -0.15) is 0 Å². The maximum Gasteiger partial charge on any atom is 0.573 e. The molecule has 1 aromatic heterocycles. The van der Waals surface area contributed by atoms with Gasteiger partial charge >= 0.3 is 6.36 Å². The average molecular weight is 548 g/mol. The average Bonchev–Trinajstić information content (AvgIpc) is 2.86. The number of benzene rings is 2. The lowest BCUT2D eigenvalue weighted by Gasteiger charge is -2.26. The van der Waals surface area contributed by atoms with Crippen molar-refractivity contribution in [3.05, 3.63) is 99.8 Å². The second kappa shape index (κ2) is 11.8. The molecule has 0 radical (unpaired) electrons. The van der Waals surface area contributed by atoms with Crippen molar-refractivity contribution in [2.45, 2.75) is 12.8 Å². The number of halogens is 5. The fraction of sp³-hybridized carbons (Fsp3) is 0.185. The Morgan fingerprint density at radius 1 is 1.11 bits per heavy atom. The Hall–Kier alpha value is -3.33. The Morgan fingerprint density at radius 3 is 2.57 bits per heavy atom. The Labute approximate surface area is 222 Å². The molecule has 192 valence electrons. The molecule has 0 saturated heterocycles. The largest absolute Gasteiger partial charge is 0.573 e. The van der Waals surface area contributed by atoms with E-state index >= 15 is 0 Å². The number of carbonyl (C=O) groups is 1. The molecule has 3 aromatic rings. The number of pyridine rings is 1. The maximum atomic E-state index is 12.7. The summed E-state index contributed by atoms with van der Waals surface area (Å²) in [4.78, 5) is 18.9. The second-order valence-electron chi connectivity index (χ2n) is 8.27. The molecule has 2 aromatic carbocycles. The predicted octanol–water partition coefficient (Wildman–Crippen LogP) is 7.34. The molecular weight excluding hydrogens is 526 g/mol. The lowest BCUT2D eigenvalue weighted by Crippen LogP contribution is -2.28. The number of amides is 1. The van der Waals surface area contributed by atoms with Crippen LogP contribution in [0.1, 0.15) is 27.9 Å². The van der Waals surface area contributed by atoms with Gasteiger partial charge in [-0.15, -0.1) is 13.2 Å². The molecule has 0 unspecified atom stereocenters. The molecule has 0 spiro atoms. The highest BCUT2D eigenvalue weighted by Gasteiger charge is 2.30. The van der Waals surface area contributed by atoms with Gasteiger partial charge in [0.15, 0.2) is 0 Å². The van der Waals surface area contributed by atoms with Gasteiger partial charge in [0.1, 0.15) is 10.9 Å². The zero-order valence-corrected chi connectivity index (χ0v) is 20.9. The zero-order valence-electron chi connectivity index (χ0n) is 19.4. The number of anilines is 1. The number of hydrogen-bond donors (Lipinski definition) is 1. The van der Waals surface area contributed by atoms with Gasteiger partial charge in [0.05, 0.1) is 0 Å². The third-order valence-corrected chi connectivity index (χ3v) is 6.09. The summed E-state index contributed by atoms with van der Waals surface area (Å²) in [5, 5.41) is 3.74. The van der Waals surface area contributed by atoms with Gasteiger partial charge in [-0.1, -0.05) is 53.6 Å². The number of ether oxygens (including phenoxy) is 1. The molecule has 0 fully saturated rings. The quantitative estimate of drug-likeness (QED) is 0.314. The highest BCUT2D eigenvalue weighted by molar-refractivity contribution is 6.31. The molecule has 0 atom stereocenters. The molecule has 1 aliphatic rings. The van der Waals surface area contributed by atoms with Crippen LogP contribution in [0.3, 0.4) is 0 Å². The van der Waals surface area contributed by atoms with E-state index in [0.29, 0.717) is 29.4 Å². The Morgan fingerprint density at radius 2 is 1.89 bits per heavy atom. The number of rotatable bonds is 7. The fourth-order valence-corrected chi connectivity index (χ4v) is 4.22. The van der Waals surface area contributed by atoms with Crippen molar-refractivity contribution in [1.82, 2.24) is 9.88 Å². The van der Waals surface area contributed by atoms with Gasteiger partial charge in [0.2, 0.25) is 0 Å². The number of nitrogens with zero attached hydrogens (tertiary/aromatic N) is 2. The van der Waals surface area contributed by atoms with Crippen LogP contribution in [0.25, 0.3) is 11.6 Å². The normalized spacial score (nSPS) is 14.5. The first kappa shape index (κ1) is 26.7. The van der Waals surface area contributed by atoms with E-state index in [2.05, 4.69) is 26.0 Å². The van der Waals surface area contributed by atoms with E-state index in [1.807, 2.05) is 18.2 Å². The number of carbonyl (C=O) groups excluding carboxylic acids is 1. The second-order valence-corrected chi connectivity index (χ2v) is 9.09. The molecule has 10 heteroatoms. The fourth-order valence-electron chi connectivity index (χ4n) is 3.87. The summed E-state index contributed by atoms with van der Waals surface area (Å²) in [7, 11) is 0. The van der Waals surface area contributed by atoms with E-state index in [1.54, 1.807) is 30.3 Å². The third kappa shape index (κ3) is 7.82. The van der Waals surface area contributed by atoms with Crippen molar-refractivity contribution < 1.29 is 22.7 Å². The number of alkyl halides is 3. The van der Waals surface area contributed by atoms with E-state index in [0.717, 1.165) is 29.7 Å². The summed E-state index contributed by atoms with van der Waals surface area (Å²) in [6, 6.07) is 14.1. The van der Waals surface area contributed by atoms with Crippen molar-refractivity contribution in [2.75, 3.05) is 25.0 Å². The summed E-state index contributed by atoms with van der Waals surface area (Å²) >= 11 is 12.2. The van der Waals surface area contributed by atoms with E-state index < -0.39 is 6.36 Å². The van der Waals surface area contributed by atoms with Gasteiger partial charge in [-0.25, -0.2) is 4.98 Å². The molecule has 1 amide bonds. The number of nitrogens with one attached hydrogen (secondary N) is 1. The Kier molecular flexibility index (Phi) is 8.53. The van der Waals surface area contributed by atoms with Crippen LogP contribution in [0.4, 0.5) is 18.9 Å². The summed E-state index contributed by atoms with van der Waals surface area (Å²) in [6.45, 7) is 2.15. The van der Waals surface area contributed by atoms with Gasteiger partial charge in [0, 0.05) is 47.7 Å². The van der Waals surface area contributed by atoms with Crippen LogP contribution in [0.5, 0.6) is 5.75 Å². The number of hydrogen-bond acceptors (Lipinski definition) is 4. The van der Waals surface area contributed by atoms with Gasteiger partial charge in [-0.05, 0) is 60.0 Å². The van der Waals surface area contributed by atoms with Crippen LogP contribution >= 0.6 is 23.2 Å². The molecule has 37 heavy (non-hydrogen) atoms. The van der Waals surface area contributed by atoms with Crippen LogP contribution in [0.2, 0.25) is 10.2 Å². The lowest BCUT2D eigenvalue weighted by atomic mass is 9.97. The SMILES string of the molecule is O=C(Nc1ccc(Cl)cc1C1=CCN(CC=Cc2ccc(OC(F)(F)F)cc2)CC1)c1ccnc(Cl)c1. The summed E-state index contributed by atoms with van der Waals surface area (Å²) in [5.74, 6) is -0.548. The molecule has 1 aliphatic heterocycles. The highest BCUT2D eigenvalue weighted by Crippen LogP contribution is 2.32. The van der Waals surface area contributed by atoms with Crippen molar-refractivity contribution >= 4 is 46.4 Å².